The molecule has 0 spiro atoms. The summed E-state index contributed by atoms with van der Waals surface area (Å²) in [5.41, 5.74) is 0. The van der Waals surface area contributed by atoms with E-state index in [1.165, 1.54) is 6.92 Å². The summed E-state index contributed by atoms with van der Waals surface area (Å²) < 4.78 is 35.3. The van der Waals surface area contributed by atoms with E-state index in [0.29, 0.717) is 0 Å². The average molecular weight is 185 g/mol. The molecule has 0 bridgehead atoms. The highest BCUT2D eigenvalue weighted by atomic mass is 19.4. The SMILES string of the molecule is CC(CC(F)(F)F)N[C@@H](C)CO. The predicted octanol–water partition coefficient (Wildman–Crippen LogP) is 1.30. The van der Waals surface area contributed by atoms with Gasteiger partial charge in [0.05, 0.1) is 13.0 Å². The van der Waals surface area contributed by atoms with Gasteiger partial charge in [0.15, 0.2) is 0 Å². The third-order valence-electron chi connectivity index (χ3n) is 1.38. The van der Waals surface area contributed by atoms with E-state index >= 15 is 0 Å². The van der Waals surface area contributed by atoms with Crippen molar-refractivity contribution in [3.8, 4) is 0 Å². The fourth-order valence-corrected chi connectivity index (χ4v) is 0.945. The zero-order valence-corrected chi connectivity index (χ0v) is 7.15. The highest BCUT2D eigenvalue weighted by Gasteiger charge is 2.30. The second-order valence-corrected chi connectivity index (χ2v) is 2.97. The molecule has 2 atom stereocenters. The lowest BCUT2D eigenvalue weighted by atomic mass is 10.2. The molecule has 0 aromatic heterocycles. The molecule has 0 radical (unpaired) electrons. The summed E-state index contributed by atoms with van der Waals surface area (Å²) in [5, 5.41) is 11.2. The molecule has 1 unspecified atom stereocenters. The Kier molecular flexibility index (Phi) is 4.55. The molecule has 2 nitrogen and oxygen atoms in total. The highest BCUT2D eigenvalue weighted by Crippen LogP contribution is 2.21. The molecule has 0 aliphatic carbocycles. The summed E-state index contributed by atoms with van der Waals surface area (Å²) in [6.45, 7) is 2.93. The van der Waals surface area contributed by atoms with Crippen LogP contribution >= 0.6 is 0 Å². The van der Waals surface area contributed by atoms with Crippen LogP contribution in [0.5, 0.6) is 0 Å². The van der Waals surface area contributed by atoms with Crippen LogP contribution in [0, 0.1) is 0 Å². The van der Waals surface area contributed by atoms with Crippen molar-refractivity contribution in [2.24, 2.45) is 0 Å². The largest absolute Gasteiger partial charge is 0.395 e. The Morgan fingerprint density at radius 1 is 1.25 bits per heavy atom. The van der Waals surface area contributed by atoms with Crippen molar-refractivity contribution in [2.45, 2.75) is 38.5 Å². The normalized spacial score (nSPS) is 17.5. The molecule has 2 N–H and O–H groups in total. The summed E-state index contributed by atoms with van der Waals surface area (Å²) >= 11 is 0. The maximum atomic E-state index is 11.8. The van der Waals surface area contributed by atoms with Gasteiger partial charge in [-0.1, -0.05) is 0 Å². The zero-order chi connectivity index (χ0) is 9.78. The van der Waals surface area contributed by atoms with E-state index in [9.17, 15) is 13.2 Å². The Labute approximate surface area is 69.8 Å². The van der Waals surface area contributed by atoms with Gasteiger partial charge in [-0.25, -0.2) is 0 Å². The van der Waals surface area contributed by atoms with Crippen molar-refractivity contribution in [3.05, 3.63) is 0 Å². The summed E-state index contributed by atoms with van der Waals surface area (Å²) in [6, 6.07) is -0.936. The van der Waals surface area contributed by atoms with Crippen LogP contribution in [-0.2, 0) is 0 Å². The first-order chi connectivity index (χ1) is 5.35. The molecule has 0 aliphatic rings. The van der Waals surface area contributed by atoms with Crippen molar-refractivity contribution in [1.82, 2.24) is 5.32 Å². The maximum absolute atomic E-state index is 11.8. The van der Waals surface area contributed by atoms with E-state index in [0.717, 1.165) is 0 Å². The fraction of sp³-hybridized carbons (Fsp3) is 1.00. The second-order valence-electron chi connectivity index (χ2n) is 2.97. The topological polar surface area (TPSA) is 32.3 Å². The third kappa shape index (κ3) is 6.42. The van der Waals surface area contributed by atoms with Crippen molar-refractivity contribution in [1.29, 1.82) is 0 Å². The molecular formula is C7H14F3NO. The first-order valence-corrected chi connectivity index (χ1v) is 3.79. The average Bonchev–Trinajstić information content (AvgIpc) is 1.82. The van der Waals surface area contributed by atoms with Crippen LogP contribution in [0.4, 0.5) is 13.2 Å². The van der Waals surface area contributed by atoms with Crippen LogP contribution < -0.4 is 5.32 Å². The van der Waals surface area contributed by atoms with Crippen molar-refractivity contribution in [2.75, 3.05) is 6.61 Å². The van der Waals surface area contributed by atoms with Crippen molar-refractivity contribution >= 4 is 0 Å². The molecular weight excluding hydrogens is 171 g/mol. The lowest BCUT2D eigenvalue weighted by Crippen LogP contribution is -2.39. The maximum Gasteiger partial charge on any atom is 0.390 e. The molecule has 0 saturated carbocycles. The van der Waals surface area contributed by atoms with Gasteiger partial charge < -0.3 is 10.4 Å². The van der Waals surface area contributed by atoms with E-state index < -0.39 is 18.6 Å². The lowest BCUT2D eigenvalue weighted by Gasteiger charge is -2.19. The Morgan fingerprint density at radius 3 is 2.08 bits per heavy atom. The van der Waals surface area contributed by atoms with Gasteiger partial charge in [0.25, 0.3) is 0 Å². The molecule has 0 rings (SSSR count). The predicted molar refractivity (Wildman–Crippen MR) is 39.8 cm³/mol. The van der Waals surface area contributed by atoms with Gasteiger partial charge in [-0.05, 0) is 13.8 Å². The fourth-order valence-electron chi connectivity index (χ4n) is 0.945. The van der Waals surface area contributed by atoms with E-state index in [1.54, 1.807) is 6.92 Å². The van der Waals surface area contributed by atoms with Crippen LogP contribution in [0.3, 0.4) is 0 Å². The summed E-state index contributed by atoms with van der Waals surface area (Å²) in [6.07, 6.45) is -5.00. The monoisotopic (exact) mass is 185 g/mol. The van der Waals surface area contributed by atoms with Crippen LogP contribution in [0.2, 0.25) is 0 Å². The van der Waals surface area contributed by atoms with E-state index in [2.05, 4.69) is 5.32 Å². The molecule has 0 saturated heterocycles. The third-order valence-corrected chi connectivity index (χ3v) is 1.38. The van der Waals surface area contributed by atoms with Crippen LogP contribution in [0.15, 0.2) is 0 Å². The first-order valence-electron chi connectivity index (χ1n) is 3.79. The molecule has 0 aromatic carbocycles. The minimum Gasteiger partial charge on any atom is -0.395 e. The lowest BCUT2D eigenvalue weighted by molar-refractivity contribution is -0.139. The molecule has 74 valence electrons. The summed E-state index contributed by atoms with van der Waals surface area (Å²) in [4.78, 5) is 0. The molecule has 0 aromatic rings. The number of aliphatic hydroxyl groups is 1. The molecule has 0 fully saturated rings. The van der Waals surface area contributed by atoms with E-state index in [-0.39, 0.29) is 12.6 Å². The van der Waals surface area contributed by atoms with Gasteiger partial charge in [-0.3, -0.25) is 0 Å². The van der Waals surface area contributed by atoms with Crippen molar-refractivity contribution in [3.63, 3.8) is 0 Å². The molecule has 12 heavy (non-hydrogen) atoms. The van der Waals surface area contributed by atoms with Gasteiger partial charge in [0.1, 0.15) is 0 Å². The zero-order valence-electron chi connectivity index (χ0n) is 7.15. The standard InChI is InChI=1S/C7H14F3NO/c1-5(3-7(8,9)10)11-6(2)4-12/h5-6,11-12H,3-4H2,1-2H3/t5?,6-/m0/s1. The number of hydrogen-bond donors (Lipinski definition) is 2. The number of alkyl halides is 3. The van der Waals surface area contributed by atoms with Crippen LogP contribution in [0.1, 0.15) is 20.3 Å². The van der Waals surface area contributed by atoms with E-state index in [1.807, 2.05) is 0 Å². The smallest absolute Gasteiger partial charge is 0.390 e. The van der Waals surface area contributed by atoms with Gasteiger partial charge in [-0.15, -0.1) is 0 Å². The van der Waals surface area contributed by atoms with E-state index in [4.69, 9.17) is 5.11 Å². The molecule has 0 amide bonds. The Bertz CT molecular complexity index is 126. The van der Waals surface area contributed by atoms with Crippen LogP contribution in [-0.4, -0.2) is 30.0 Å². The molecule has 5 heteroatoms. The van der Waals surface area contributed by atoms with Gasteiger partial charge >= 0.3 is 6.18 Å². The Morgan fingerprint density at radius 2 is 1.75 bits per heavy atom. The number of halogens is 3. The minimum atomic E-state index is -4.14. The van der Waals surface area contributed by atoms with Gasteiger partial charge in [0.2, 0.25) is 0 Å². The summed E-state index contributed by atoms with van der Waals surface area (Å²) in [7, 11) is 0. The summed E-state index contributed by atoms with van der Waals surface area (Å²) in [5.74, 6) is 0. The number of aliphatic hydroxyl groups excluding tert-OH is 1. The second kappa shape index (κ2) is 4.67. The number of nitrogens with one attached hydrogen (secondary N) is 1. The quantitative estimate of drug-likeness (QED) is 0.691. The Hall–Kier alpha value is -0.290. The first kappa shape index (κ1) is 11.7. The van der Waals surface area contributed by atoms with Crippen molar-refractivity contribution < 1.29 is 18.3 Å². The Balaban J connectivity index is 3.66. The van der Waals surface area contributed by atoms with Gasteiger partial charge in [-0.2, -0.15) is 13.2 Å². The molecule has 0 aliphatic heterocycles. The minimum absolute atomic E-state index is 0.151. The molecule has 0 heterocycles. The van der Waals surface area contributed by atoms with Gasteiger partial charge in [0, 0.05) is 12.1 Å². The number of rotatable bonds is 4. The number of hydrogen-bond acceptors (Lipinski definition) is 2. The van der Waals surface area contributed by atoms with Crippen LogP contribution in [0.25, 0.3) is 0 Å². The highest BCUT2D eigenvalue weighted by molar-refractivity contribution is 4.69.